The average Bonchev–Trinajstić information content (AvgIpc) is 3.38. The van der Waals surface area contributed by atoms with E-state index < -0.39 is 0 Å². The quantitative estimate of drug-likeness (QED) is 0.495. The minimum absolute atomic E-state index is 0.00118. The van der Waals surface area contributed by atoms with Crippen LogP contribution in [0.5, 0.6) is 0 Å². The van der Waals surface area contributed by atoms with E-state index in [0.29, 0.717) is 10.6 Å². The molecule has 30 heavy (non-hydrogen) atoms. The maximum absolute atomic E-state index is 13.1. The Morgan fingerprint density at radius 1 is 1.17 bits per heavy atom. The van der Waals surface area contributed by atoms with E-state index in [1.54, 1.807) is 51.8 Å². The van der Waals surface area contributed by atoms with Gasteiger partial charge in [-0.15, -0.1) is 22.7 Å². The summed E-state index contributed by atoms with van der Waals surface area (Å²) < 4.78 is 0. The molecule has 0 fully saturated rings. The van der Waals surface area contributed by atoms with E-state index >= 15 is 0 Å². The number of fused-ring (bicyclic) bond motifs is 3. The van der Waals surface area contributed by atoms with E-state index in [1.807, 2.05) is 11.4 Å². The summed E-state index contributed by atoms with van der Waals surface area (Å²) in [7, 11) is 0. The summed E-state index contributed by atoms with van der Waals surface area (Å²) >= 11 is 9.35. The standard InChI is InChI=1S/C23H19ClN2O2S2/c24-15-6-3-5-14(11-15)17(27)13-26-20(28)12-25-22(19-9-4-10-29-19)21-16-7-1-2-8-18(16)30-23(21)26/h3-6,9-11H,1-2,7-8,12-13H2. The molecule has 0 N–H and O–H groups in total. The number of aryl methyl sites for hydroxylation is 1. The molecule has 3 heterocycles. The zero-order valence-corrected chi connectivity index (χ0v) is 18.6. The Morgan fingerprint density at radius 3 is 2.83 bits per heavy atom. The van der Waals surface area contributed by atoms with Gasteiger partial charge in [-0.3, -0.25) is 19.5 Å². The third kappa shape index (κ3) is 3.53. The fraction of sp³-hybridized carbons (Fsp3) is 0.261. The highest BCUT2D eigenvalue weighted by Crippen LogP contribution is 2.43. The van der Waals surface area contributed by atoms with E-state index in [4.69, 9.17) is 16.6 Å². The monoisotopic (exact) mass is 454 g/mol. The van der Waals surface area contributed by atoms with Crippen LogP contribution >= 0.6 is 34.3 Å². The first-order valence-corrected chi connectivity index (χ1v) is 12.0. The number of aliphatic imine (C=N–C) groups is 1. The number of thiophene rings is 2. The number of ketones is 1. The Balaban J connectivity index is 1.59. The maximum Gasteiger partial charge on any atom is 0.249 e. The van der Waals surface area contributed by atoms with E-state index in [9.17, 15) is 9.59 Å². The van der Waals surface area contributed by atoms with Crippen LogP contribution in [0.2, 0.25) is 5.02 Å². The Bertz CT molecular complexity index is 1160. The van der Waals surface area contributed by atoms with E-state index in [-0.39, 0.29) is 24.8 Å². The lowest BCUT2D eigenvalue weighted by molar-refractivity contribution is -0.117. The summed E-state index contributed by atoms with van der Waals surface area (Å²) in [5.41, 5.74) is 3.78. The van der Waals surface area contributed by atoms with Crippen molar-refractivity contribution < 1.29 is 9.59 Å². The molecule has 1 amide bonds. The smallest absolute Gasteiger partial charge is 0.249 e. The lowest BCUT2D eigenvalue weighted by Gasteiger charge is -2.20. The van der Waals surface area contributed by atoms with Crippen LogP contribution in [0.15, 0.2) is 46.8 Å². The molecule has 0 spiro atoms. The van der Waals surface area contributed by atoms with Gasteiger partial charge in [0.05, 0.1) is 17.1 Å². The number of carbonyl (C=O) groups is 2. The summed E-state index contributed by atoms with van der Waals surface area (Å²) in [4.78, 5) is 34.9. The number of Topliss-reactive ketones (excluding diaryl/α,β-unsaturated/α-hetero) is 1. The van der Waals surface area contributed by atoms with Crippen molar-refractivity contribution in [1.82, 2.24) is 0 Å². The van der Waals surface area contributed by atoms with Crippen LogP contribution in [-0.4, -0.2) is 30.5 Å². The normalized spacial score (nSPS) is 16.0. The van der Waals surface area contributed by atoms with Gasteiger partial charge in [0.15, 0.2) is 5.78 Å². The number of halogens is 1. The lowest BCUT2D eigenvalue weighted by Crippen LogP contribution is -2.36. The summed E-state index contributed by atoms with van der Waals surface area (Å²) in [6.07, 6.45) is 4.32. The van der Waals surface area contributed by atoms with Crippen LogP contribution in [0.1, 0.15) is 44.1 Å². The Kier molecular flexibility index (Phi) is 5.31. The van der Waals surface area contributed by atoms with Crippen molar-refractivity contribution in [1.29, 1.82) is 0 Å². The Morgan fingerprint density at radius 2 is 2.03 bits per heavy atom. The first-order valence-electron chi connectivity index (χ1n) is 9.94. The average molecular weight is 455 g/mol. The molecule has 152 valence electrons. The molecule has 0 bridgehead atoms. The molecule has 3 aromatic rings. The molecule has 4 nitrogen and oxygen atoms in total. The summed E-state index contributed by atoms with van der Waals surface area (Å²) in [5, 5.41) is 3.41. The van der Waals surface area contributed by atoms with Gasteiger partial charge in [0, 0.05) is 21.0 Å². The number of rotatable bonds is 4. The predicted molar refractivity (Wildman–Crippen MR) is 124 cm³/mol. The van der Waals surface area contributed by atoms with Gasteiger partial charge in [0.25, 0.3) is 0 Å². The van der Waals surface area contributed by atoms with Crippen molar-refractivity contribution in [2.45, 2.75) is 25.7 Å². The molecule has 2 aromatic heterocycles. The van der Waals surface area contributed by atoms with Crippen molar-refractivity contribution in [2.75, 3.05) is 18.0 Å². The molecule has 1 aliphatic heterocycles. The second-order valence-corrected chi connectivity index (χ2v) is 9.91. The zero-order valence-electron chi connectivity index (χ0n) is 16.2. The van der Waals surface area contributed by atoms with Crippen molar-refractivity contribution in [3.8, 4) is 0 Å². The molecule has 0 saturated carbocycles. The van der Waals surface area contributed by atoms with Crippen molar-refractivity contribution in [3.63, 3.8) is 0 Å². The van der Waals surface area contributed by atoms with Gasteiger partial charge in [0.2, 0.25) is 5.91 Å². The molecule has 1 aromatic carbocycles. The zero-order chi connectivity index (χ0) is 20.7. The van der Waals surface area contributed by atoms with Crippen molar-refractivity contribution in [3.05, 3.63) is 73.2 Å². The minimum Gasteiger partial charge on any atom is -0.294 e. The highest BCUT2D eigenvalue weighted by molar-refractivity contribution is 7.17. The third-order valence-corrected chi connectivity index (χ3v) is 7.94. The maximum atomic E-state index is 13.1. The van der Waals surface area contributed by atoms with Crippen molar-refractivity contribution in [2.24, 2.45) is 4.99 Å². The highest BCUT2D eigenvalue weighted by Gasteiger charge is 2.33. The Hall–Kier alpha value is -2.28. The first kappa shape index (κ1) is 19.7. The van der Waals surface area contributed by atoms with E-state index in [1.165, 1.54) is 10.4 Å². The SMILES string of the molecule is O=C(CN1C(=O)CN=C(c2cccs2)c2c1sc1c2CCCC1)c1cccc(Cl)c1. The van der Waals surface area contributed by atoms with Crippen LogP contribution in [0.4, 0.5) is 5.00 Å². The second kappa shape index (κ2) is 8.10. The lowest BCUT2D eigenvalue weighted by atomic mass is 9.93. The predicted octanol–water partition coefficient (Wildman–Crippen LogP) is 5.41. The van der Waals surface area contributed by atoms with Gasteiger partial charge >= 0.3 is 0 Å². The molecule has 5 rings (SSSR count). The molecule has 2 aliphatic rings. The molecule has 1 aliphatic carbocycles. The molecule has 7 heteroatoms. The molecule has 0 saturated heterocycles. The van der Waals surface area contributed by atoms with Gasteiger partial charge in [-0.1, -0.05) is 29.8 Å². The van der Waals surface area contributed by atoms with Crippen LogP contribution in [0.3, 0.4) is 0 Å². The number of nitrogens with zero attached hydrogens (tertiary/aromatic N) is 2. The number of benzene rings is 1. The number of anilines is 1. The molecular formula is C23H19ClN2O2S2. The minimum atomic E-state index is -0.142. The van der Waals surface area contributed by atoms with E-state index in [2.05, 4.69) is 6.07 Å². The number of hydrogen-bond donors (Lipinski definition) is 0. The molecule has 0 radical (unpaired) electrons. The topological polar surface area (TPSA) is 49.7 Å². The number of carbonyl (C=O) groups excluding carboxylic acids is 2. The summed E-state index contributed by atoms with van der Waals surface area (Å²) in [5.74, 6) is -0.264. The van der Waals surface area contributed by atoms with Crippen LogP contribution < -0.4 is 4.90 Å². The van der Waals surface area contributed by atoms with Crippen LogP contribution in [0.25, 0.3) is 0 Å². The van der Waals surface area contributed by atoms with Crippen LogP contribution in [0, 0.1) is 0 Å². The van der Waals surface area contributed by atoms with Gasteiger partial charge < -0.3 is 0 Å². The van der Waals surface area contributed by atoms with Gasteiger partial charge in [-0.25, -0.2) is 0 Å². The van der Waals surface area contributed by atoms with Gasteiger partial charge in [-0.2, -0.15) is 0 Å². The molecule has 0 unspecified atom stereocenters. The number of hydrogen-bond acceptors (Lipinski definition) is 5. The fourth-order valence-corrected chi connectivity index (χ4v) is 6.42. The second-order valence-electron chi connectivity index (χ2n) is 7.45. The molecular weight excluding hydrogens is 436 g/mol. The van der Waals surface area contributed by atoms with Crippen LogP contribution in [-0.2, 0) is 17.6 Å². The summed E-state index contributed by atoms with van der Waals surface area (Å²) in [6, 6.07) is 10.9. The fourth-order valence-electron chi connectivity index (χ4n) is 4.08. The van der Waals surface area contributed by atoms with Gasteiger partial charge in [0.1, 0.15) is 11.5 Å². The van der Waals surface area contributed by atoms with Crippen molar-refractivity contribution >= 4 is 56.7 Å². The third-order valence-electron chi connectivity index (χ3n) is 5.51. The summed E-state index contributed by atoms with van der Waals surface area (Å²) in [6.45, 7) is 0.0467. The molecule has 0 atom stereocenters. The highest BCUT2D eigenvalue weighted by atomic mass is 35.5. The largest absolute Gasteiger partial charge is 0.294 e. The number of amides is 1. The van der Waals surface area contributed by atoms with E-state index in [0.717, 1.165) is 46.8 Å². The van der Waals surface area contributed by atoms with Gasteiger partial charge in [-0.05, 0) is 54.8 Å². The first-order chi connectivity index (χ1) is 14.6. The Labute approximate surface area is 187 Å².